The molecule has 0 amide bonds. The van der Waals surface area contributed by atoms with E-state index in [0.29, 0.717) is 17.6 Å². The molecule has 1 aliphatic rings. The van der Waals surface area contributed by atoms with Crippen molar-refractivity contribution in [1.29, 1.82) is 0 Å². The zero-order chi connectivity index (χ0) is 10.0. The molecule has 0 aromatic carbocycles. The maximum atomic E-state index is 9.66. The minimum absolute atomic E-state index is 0.342. The molecule has 0 bridgehead atoms. The third kappa shape index (κ3) is 2.61. The fourth-order valence-corrected chi connectivity index (χ4v) is 2.17. The van der Waals surface area contributed by atoms with Gasteiger partial charge in [-0.1, -0.05) is 18.6 Å². The first-order valence-corrected chi connectivity index (χ1v) is 5.04. The molecule has 0 heterocycles. The Morgan fingerprint density at radius 1 is 1.46 bits per heavy atom. The zero-order valence-corrected chi connectivity index (χ0v) is 9.09. The summed E-state index contributed by atoms with van der Waals surface area (Å²) in [5.74, 6) is 1.60. The van der Waals surface area contributed by atoms with Crippen molar-refractivity contribution in [2.45, 2.75) is 40.5 Å². The molecule has 0 aromatic rings. The van der Waals surface area contributed by atoms with Crippen LogP contribution in [0.25, 0.3) is 0 Å². The van der Waals surface area contributed by atoms with Gasteiger partial charge in [0.25, 0.3) is 0 Å². The largest absolute Gasteiger partial charge is 0.512 e. The molecule has 0 fully saturated rings. The van der Waals surface area contributed by atoms with Gasteiger partial charge in [0.05, 0.1) is 5.76 Å². The van der Waals surface area contributed by atoms with Crippen molar-refractivity contribution in [3.05, 3.63) is 23.0 Å². The number of hydrogen-bond acceptors (Lipinski definition) is 1. The van der Waals surface area contributed by atoms with Gasteiger partial charge in [-0.15, -0.1) is 0 Å². The molecule has 0 saturated carbocycles. The van der Waals surface area contributed by atoms with Crippen LogP contribution in [-0.2, 0) is 0 Å². The fourth-order valence-electron chi connectivity index (χ4n) is 2.17. The monoisotopic (exact) mass is 180 g/mol. The van der Waals surface area contributed by atoms with Gasteiger partial charge in [0.15, 0.2) is 0 Å². The van der Waals surface area contributed by atoms with E-state index in [2.05, 4.69) is 26.8 Å². The van der Waals surface area contributed by atoms with Crippen molar-refractivity contribution in [3.63, 3.8) is 0 Å². The van der Waals surface area contributed by atoms with E-state index < -0.39 is 0 Å². The number of aliphatic hydroxyl groups is 1. The Balaban J connectivity index is 2.74. The van der Waals surface area contributed by atoms with E-state index in [1.54, 1.807) is 0 Å². The van der Waals surface area contributed by atoms with Gasteiger partial charge in [-0.3, -0.25) is 0 Å². The average molecular weight is 180 g/mol. The zero-order valence-electron chi connectivity index (χ0n) is 9.09. The van der Waals surface area contributed by atoms with E-state index in [0.717, 1.165) is 12.8 Å². The van der Waals surface area contributed by atoms with Crippen LogP contribution < -0.4 is 0 Å². The normalized spacial score (nSPS) is 28.9. The second-order valence-electron chi connectivity index (χ2n) is 4.51. The van der Waals surface area contributed by atoms with Gasteiger partial charge in [0, 0.05) is 5.92 Å². The van der Waals surface area contributed by atoms with Crippen LogP contribution in [-0.4, -0.2) is 5.11 Å². The molecule has 13 heavy (non-hydrogen) atoms. The van der Waals surface area contributed by atoms with Gasteiger partial charge in [0.1, 0.15) is 0 Å². The molecule has 0 aliphatic heterocycles. The van der Waals surface area contributed by atoms with Crippen molar-refractivity contribution >= 4 is 0 Å². The predicted octanol–water partition coefficient (Wildman–Crippen LogP) is 3.83. The lowest BCUT2D eigenvalue weighted by molar-refractivity contribution is 0.283. The summed E-state index contributed by atoms with van der Waals surface area (Å²) in [5, 5.41) is 9.66. The molecule has 0 spiro atoms. The Morgan fingerprint density at radius 2 is 2.08 bits per heavy atom. The number of hydrogen-bond donors (Lipinski definition) is 1. The molecule has 1 N–H and O–H groups in total. The van der Waals surface area contributed by atoms with Crippen LogP contribution in [0.4, 0.5) is 0 Å². The molecule has 1 aliphatic carbocycles. The van der Waals surface area contributed by atoms with E-state index in [-0.39, 0.29) is 0 Å². The molecule has 0 radical (unpaired) electrons. The van der Waals surface area contributed by atoms with Crippen molar-refractivity contribution < 1.29 is 5.11 Å². The lowest BCUT2D eigenvalue weighted by atomic mass is 9.81. The molecule has 74 valence electrons. The van der Waals surface area contributed by atoms with Gasteiger partial charge < -0.3 is 5.11 Å². The highest BCUT2D eigenvalue weighted by atomic mass is 16.3. The van der Waals surface area contributed by atoms with Gasteiger partial charge in [-0.2, -0.15) is 0 Å². The van der Waals surface area contributed by atoms with Crippen LogP contribution in [0.3, 0.4) is 0 Å². The molecule has 0 aromatic heterocycles. The van der Waals surface area contributed by atoms with Crippen molar-refractivity contribution in [3.8, 4) is 0 Å². The summed E-state index contributed by atoms with van der Waals surface area (Å²) in [6.45, 7) is 8.41. The third-order valence-corrected chi connectivity index (χ3v) is 2.70. The molecule has 1 rings (SSSR count). The first-order valence-electron chi connectivity index (χ1n) is 5.04. The summed E-state index contributed by atoms with van der Waals surface area (Å²) in [4.78, 5) is 0. The highest BCUT2D eigenvalue weighted by molar-refractivity contribution is 5.15. The fraction of sp³-hybridized carbons (Fsp3) is 0.667. The Hall–Kier alpha value is -0.720. The van der Waals surface area contributed by atoms with Gasteiger partial charge >= 0.3 is 0 Å². The summed E-state index contributed by atoms with van der Waals surface area (Å²) in [7, 11) is 0. The Kier molecular flexibility index (Phi) is 3.18. The quantitative estimate of drug-likeness (QED) is 0.608. The SMILES string of the molecule is CC(C)=CC1CC(C)=C(O)C(C)C1. The lowest BCUT2D eigenvalue weighted by Gasteiger charge is -2.26. The molecule has 2 atom stereocenters. The van der Waals surface area contributed by atoms with Gasteiger partial charge in [-0.25, -0.2) is 0 Å². The Labute approximate surface area is 81.2 Å². The van der Waals surface area contributed by atoms with E-state index in [9.17, 15) is 5.11 Å². The summed E-state index contributed by atoms with van der Waals surface area (Å²) in [6.07, 6.45) is 4.45. The summed E-state index contributed by atoms with van der Waals surface area (Å²) < 4.78 is 0. The molecule has 0 saturated heterocycles. The van der Waals surface area contributed by atoms with E-state index >= 15 is 0 Å². The topological polar surface area (TPSA) is 20.2 Å². The van der Waals surface area contributed by atoms with Crippen LogP contribution in [0.5, 0.6) is 0 Å². The predicted molar refractivity (Wildman–Crippen MR) is 56.6 cm³/mol. The minimum atomic E-state index is 0.342. The summed E-state index contributed by atoms with van der Waals surface area (Å²) in [5.41, 5.74) is 2.55. The standard InChI is InChI=1S/C12H20O/c1-8(2)5-11-6-9(3)12(13)10(4)7-11/h5,9,11,13H,6-7H2,1-4H3. The van der Waals surface area contributed by atoms with Crippen LogP contribution in [0, 0.1) is 11.8 Å². The molecular weight excluding hydrogens is 160 g/mol. The minimum Gasteiger partial charge on any atom is -0.512 e. The second kappa shape index (κ2) is 3.99. The van der Waals surface area contributed by atoms with Crippen molar-refractivity contribution in [2.24, 2.45) is 11.8 Å². The molecule has 2 unspecified atom stereocenters. The Morgan fingerprint density at radius 3 is 2.54 bits per heavy atom. The highest BCUT2D eigenvalue weighted by Crippen LogP contribution is 2.33. The second-order valence-corrected chi connectivity index (χ2v) is 4.51. The average Bonchev–Trinajstić information content (AvgIpc) is 1.98. The summed E-state index contributed by atoms with van der Waals surface area (Å²) >= 11 is 0. The van der Waals surface area contributed by atoms with Crippen LogP contribution >= 0.6 is 0 Å². The van der Waals surface area contributed by atoms with Crippen LogP contribution in [0.15, 0.2) is 23.0 Å². The summed E-state index contributed by atoms with van der Waals surface area (Å²) in [6, 6.07) is 0. The van der Waals surface area contributed by atoms with Gasteiger partial charge in [0.2, 0.25) is 0 Å². The Bertz CT molecular complexity index is 244. The lowest BCUT2D eigenvalue weighted by Crippen LogP contribution is -2.15. The molecule has 1 heteroatoms. The number of rotatable bonds is 1. The highest BCUT2D eigenvalue weighted by Gasteiger charge is 2.22. The van der Waals surface area contributed by atoms with Gasteiger partial charge in [-0.05, 0) is 45.1 Å². The third-order valence-electron chi connectivity index (χ3n) is 2.70. The smallest absolute Gasteiger partial charge is 0.0940 e. The maximum Gasteiger partial charge on any atom is 0.0940 e. The molecule has 1 nitrogen and oxygen atoms in total. The van der Waals surface area contributed by atoms with Crippen LogP contribution in [0.1, 0.15) is 40.5 Å². The van der Waals surface area contributed by atoms with Crippen LogP contribution in [0.2, 0.25) is 0 Å². The van der Waals surface area contributed by atoms with Crippen molar-refractivity contribution in [2.75, 3.05) is 0 Å². The number of allylic oxidation sites excluding steroid dienone is 4. The van der Waals surface area contributed by atoms with Crippen molar-refractivity contribution in [1.82, 2.24) is 0 Å². The first-order chi connectivity index (χ1) is 6.00. The number of aliphatic hydroxyl groups excluding tert-OH is 1. The maximum absolute atomic E-state index is 9.66. The van der Waals surface area contributed by atoms with E-state index in [1.807, 2.05) is 6.92 Å². The molecular formula is C12H20O. The first kappa shape index (κ1) is 10.4. The van der Waals surface area contributed by atoms with E-state index in [4.69, 9.17) is 0 Å². The van der Waals surface area contributed by atoms with E-state index in [1.165, 1.54) is 11.1 Å².